The van der Waals surface area contributed by atoms with E-state index in [0.29, 0.717) is 23.1 Å². The van der Waals surface area contributed by atoms with Crippen molar-refractivity contribution >= 4 is 38.9 Å². The number of halogens is 1. The van der Waals surface area contributed by atoms with Gasteiger partial charge < -0.3 is 15.4 Å². The van der Waals surface area contributed by atoms with Crippen LogP contribution in [0, 0.1) is 19.7 Å². The maximum atomic E-state index is 13.6. The first-order valence-corrected chi connectivity index (χ1v) is 12.1. The topological polar surface area (TPSA) is 105 Å². The van der Waals surface area contributed by atoms with Crippen molar-refractivity contribution in [1.29, 1.82) is 0 Å². The van der Waals surface area contributed by atoms with Crippen molar-refractivity contribution in [3.8, 4) is 5.75 Å². The molecule has 0 amide bonds. The van der Waals surface area contributed by atoms with Crippen LogP contribution in [0.5, 0.6) is 5.75 Å². The third-order valence-electron chi connectivity index (χ3n) is 4.99. The number of hydrogen-bond acceptors (Lipinski definition) is 7. The first-order chi connectivity index (χ1) is 16.7. The van der Waals surface area contributed by atoms with Crippen molar-refractivity contribution in [2.45, 2.75) is 18.7 Å². The molecule has 180 valence electrons. The van der Waals surface area contributed by atoms with Gasteiger partial charge in [0.15, 0.2) is 0 Å². The molecule has 0 aliphatic carbocycles. The smallest absolute Gasteiger partial charge is 0.265 e. The monoisotopic (exact) mass is 493 g/mol. The summed E-state index contributed by atoms with van der Waals surface area (Å²) in [6.45, 7) is 3.88. The Labute approximate surface area is 203 Å². The lowest BCUT2D eigenvalue weighted by Gasteiger charge is -2.13. The number of ether oxygens (including phenoxy) is 1. The molecule has 0 saturated carbocycles. The molecule has 0 fully saturated rings. The molecule has 10 heteroatoms. The molecule has 1 aromatic heterocycles. The van der Waals surface area contributed by atoms with Crippen molar-refractivity contribution < 1.29 is 17.5 Å². The number of hydrogen-bond donors (Lipinski definition) is 3. The van der Waals surface area contributed by atoms with Gasteiger partial charge in [0.25, 0.3) is 10.0 Å². The predicted molar refractivity (Wildman–Crippen MR) is 135 cm³/mol. The second-order valence-corrected chi connectivity index (χ2v) is 9.46. The zero-order valence-electron chi connectivity index (χ0n) is 19.3. The van der Waals surface area contributed by atoms with Crippen LogP contribution in [0.2, 0.25) is 0 Å². The van der Waals surface area contributed by atoms with Crippen LogP contribution < -0.4 is 20.1 Å². The number of benzene rings is 3. The molecular weight excluding hydrogens is 469 g/mol. The van der Waals surface area contributed by atoms with E-state index in [1.54, 1.807) is 30.3 Å². The van der Waals surface area contributed by atoms with Gasteiger partial charge in [0.05, 0.1) is 7.11 Å². The molecule has 0 saturated heterocycles. The van der Waals surface area contributed by atoms with E-state index in [2.05, 4.69) is 25.3 Å². The van der Waals surface area contributed by atoms with Crippen LogP contribution in [0.15, 0.2) is 77.7 Å². The van der Waals surface area contributed by atoms with Gasteiger partial charge >= 0.3 is 0 Å². The number of sulfonamides is 1. The van der Waals surface area contributed by atoms with Crippen LogP contribution >= 0.6 is 0 Å². The summed E-state index contributed by atoms with van der Waals surface area (Å²) in [5.74, 6) is 0.392. The lowest BCUT2D eigenvalue weighted by Crippen LogP contribution is -2.14. The highest BCUT2D eigenvalue weighted by molar-refractivity contribution is 7.92. The van der Waals surface area contributed by atoms with Gasteiger partial charge in [-0.3, -0.25) is 4.72 Å². The molecular formula is C25H24FN5O3S. The van der Waals surface area contributed by atoms with E-state index in [0.717, 1.165) is 29.1 Å². The fourth-order valence-electron chi connectivity index (χ4n) is 3.29. The average Bonchev–Trinajstić information content (AvgIpc) is 2.81. The maximum Gasteiger partial charge on any atom is 0.265 e. The third-order valence-corrected chi connectivity index (χ3v) is 6.39. The number of aryl methyl sites for hydroxylation is 2. The first-order valence-electron chi connectivity index (χ1n) is 10.6. The van der Waals surface area contributed by atoms with E-state index in [4.69, 9.17) is 4.74 Å². The van der Waals surface area contributed by atoms with Crippen LogP contribution in [-0.2, 0) is 10.0 Å². The number of aromatic nitrogens is 2. The fourth-order valence-corrected chi connectivity index (χ4v) is 4.53. The Bertz CT molecular complexity index is 1440. The third kappa shape index (κ3) is 6.04. The van der Waals surface area contributed by atoms with Gasteiger partial charge in [-0.1, -0.05) is 17.7 Å². The summed E-state index contributed by atoms with van der Waals surface area (Å²) < 4.78 is 46.6. The number of anilines is 5. The molecule has 3 aromatic carbocycles. The van der Waals surface area contributed by atoms with E-state index in [-0.39, 0.29) is 10.6 Å². The molecule has 0 aliphatic heterocycles. The molecule has 0 spiro atoms. The van der Waals surface area contributed by atoms with Crippen molar-refractivity contribution in [3.63, 3.8) is 0 Å². The van der Waals surface area contributed by atoms with E-state index in [1.807, 2.05) is 38.1 Å². The van der Waals surface area contributed by atoms with Gasteiger partial charge in [-0.25, -0.2) is 17.8 Å². The predicted octanol–water partition coefficient (Wildman–Crippen LogP) is 5.53. The summed E-state index contributed by atoms with van der Waals surface area (Å²) in [6, 6.07) is 19.6. The highest BCUT2D eigenvalue weighted by Gasteiger charge is 2.20. The first kappa shape index (κ1) is 24.0. The number of nitrogens with one attached hydrogen (secondary N) is 3. The Hall–Kier alpha value is -4.18. The van der Waals surface area contributed by atoms with Gasteiger partial charge in [0.2, 0.25) is 5.95 Å². The Kier molecular flexibility index (Phi) is 6.83. The van der Waals surface area contributed by atoms with E-state index >= 15 is 0 Å². The van der Waals surface area contributed by atoms with Gasteiger partial charge in [-0.15, -0.1) is 0 Å². The van der Waals surface area contributed by atoms with Crippen molar-refractivity contribution in [3.05, 3.63) is 89.9 Å². The lowest BCUT2D eigenvalue weighted by atomic mass is 10.2. The summed E-state index contributed by atoms with van der Waals surface area (Å²) in [7, 11) is -2.74. The van der Waals surface area contributed by atoms with Crippen LogP contribution in [0.25, 0.3) is 0 Å². The van der Waals surface area contributed by atoms with E-state index < -0.39 is 15.8 Å². The zero-order chi connectivity index (χ0) is 25.0. The van der Waals surface area contributed by atoms with Crippen molar-refractivity contribution in [2.24, 2.45) is 0 Å². The van der Waals surface area contributed by atoms with Gasteiger partial charge in [0.1, 0.15) is 22.3 Å². The van der Waals surface area contributed by atoms with Crippen LogP contribution in [0.4, 0.5) is 33.2 Å². The molecule has 4 aromatic rings. The van der Waals surface area contributed by atoms with Gasteiger partial charge in [-0.2, -0.15) is 4.98 Å². The minimum atomic E-state index is -4.06. The lowest BCUT2D eigenvalue weighted by molar-refractivity contribution is 0.401. The van der Waals surface area contributed by atoms with E-state index in [9.17, 15) is 12.8 Å². The fraction of sp³-hybridized carbons (Fsp3) is 0.120. The zero-order valence-corrected chi connectivity index (χ0v) is 20.2. The molecule has 0 radical (unpaired) electrons. The molecule has 0 unspecified atom stereocenters. The minimum absolute atomic E-state index is 0.0476. The Morgan fingerprint density at radius 1 is 0.800 bits per heavy atom. The summed E-state index contributed by atoms with van der Waals surface area (Å²) in [6.07, 6.45) is 0. The largest absolute Gasteiger partial charge is 0.495 e. The average molecular weight is 494 g/mol. The van der Waals surface area contributed by atoms with Crippen LogP contribution in [0.1, 0.15) is 11.3 Å². The number of nitrogens with zero attached hydrogens (tertiary/aromatic N) is 2. The normalized spacial score (nSPS) is 11.1. The standard InChI is InChI=1S/C25H24FN5O3S/c1-16-4-7-20(8-5-16)29-25-27-17(2)14-24(30-25)28-19-9-11-21(12-10-19)31-35(32,33)23-15-18(26)6-13-22(23)34-3/h4-15,31H,1-3H3,(H2,27,28,29,30). The molecule has 8 nitrogen and oxygen atoms in total. The summed E-state index contributed by atoms with van der Waals surface area (Å²) in [5, 5.41) is 6.38. The highest BCUT2D eigenvalue weighted by Crippen LogP contribution is 2.27. The van der Waals surface area contributed by atoms with Gasteiger partial charge in [-0.05, 0) is 68.4 Å². The molecule has 0 aliphatic rings. The molecule has 0 atom stereocenters. The molecule has 0 bridgehead atoms. The minimum Gasteiger partial charge on any atom is -0.495 e. The molecule has 4 rings (SSSR count). The highest BCUT2D eigenvalue weighted by atomic mass is 32.2. The second kappa shape index (κ2) is 9.98. The number of methoxy groups -OCH3 is 1. The van der Waals surface area contributed by atoms with Crippen LogP contribution in [0.3, 0.4) is 0 Å². The Morgan fingerprint density at radius 2 is 1.43 bits per heavy atom. The molecule has 3 N–H and O–H groups in total. The SMILES string of the molecule is COc1ccc(F)cc1S(=O)(=O)Nc1ccc(Nc2cc(C)nc(Nc3ccc(C)cc3)n2)cc1. The molecule has 35 heavy (non-hydrogen) atoms. The van der Waals surface area contributed by atoms with Gasteiger partial charge in [0, 0.05) is 28.8 Å². The van der Waals surface area contributed by atoms with E-state index in [1.165, 1.54) is 13.2 Å². The second-order valence-electron chi connectivity index (χ2n) is 7.81. The summed E-state index contributed by atoms with van der Waals surface area (Å²) in [5.41, 5.74) is 3.80. The Balaban J connectivity index is 1.48. The van der Waals surface area contributed by atoms with Crippen molar-refractivity contribution in [2.75, 3.05) is 22.5 Å². The summed E-state index contributed by atoms with van der Waals surface area (Å²) >= 11 is 0. The molecule has 1 heterocycles. The van der Waals surface area contributed by atoms with Crippen molar-refractivity contribution in [1.82, 2.24) is 9.97 Å². The maximum absolute atomic E-state index is 13.6. The number of rotatable bonds is 8. The summed E-state index contributed by atoms with van der Waals surface area (Å²) in [4.78, 5) is 8.64. The Morgan fingerprint density at radius 3 is 2.11 bits per heavy atom. The quantitative estimate of drug-likeness (QED) is 0.296. The van der Waals surface area contributed by atoms with Crippen LogP contribution in [-0.4, -0.2) is 25.5 Å².